The number of carbonyl (C=O) groups excluding carboxylic acids is 1. The zero-order chi connectivity index (χ0) is 14.3. The van der Waals surface area contributed by atoms with Gasteiger partial charge in [-0.1, -0.05) is 23.7 Å². The van der Waals surface area contributed by atoms with Crippen LogP contribution in [0.4, 0.5) is 0 Å². The fourth-order valence-electron chi connectivity index (χ4n) is 2.94. The van der Waals surface area contributed by atoms with Crippen molar-refractivity contribution in [2.24, 2.45) is 0 Å². The summed E-state index contributed by atoms with van der Waals surface area (Å²) in [5, 5.41) is 4.25. The minimum absolute atomic E-state index is 0.0501. The largest absolute Gasteiger partial charge is 0.318 e. The number of benzene rings is 1. The van der Waals surface area contributed by atoms with Crippen molar-refractivity contribution in [1.29, 1.82) is 0 Å². The summed E-state index contributed by atoms with van der Waals surface area (Å²) in [6.45, 7) is 2.12. The van der Waals surface area contributed by atoms with Crippen LogP contribution in [0.3, 0.4) is 0 Å². The van der Waals surface area contributed by atoms with Gasteiger partial charge in [-0.05, 0) is 43.7 Å². The Bertz CT molecular complexity index is 532. The first-order valence-electron chi connectivity index (χ1n) is 6.92. The monoisotopic (exact) mass is 310 g/mol. The molecule has 2 atom stereocenters. The summed E-state index contributed by atoms with van der Waals surface area (Å²) in [7, 11) is 0. The van der Waals surface area contributed by atoms with Gasteiger partial charge >= 0.3 is 0 Å². The topological polar surface area (TPSA) is 32.3 Å². The van der Waals surface area contributed by atoms with E-state index in [0.29, 0.717) is 5.02 Å². The van der Waals surface area contributed by atoms with E-state index in [9.17, 15) is 4.79 Å². The highest BCUT2D eigenvalue weighted by Crippen LogP contribution is 2.47. The number of nitrogens with zero attached hydrogens (tertiary/aromatic N) is 1. The van der Waals surface area contributed by atoms with E-state index in [0.717, 1.165) is 24.2 Å². The van der Waals surface area contributed by atoms with Crippen LogP contribution in [0.15, 0.2) is 24.3 Å². The Morgan fingerprint density at radius 3 is 2.90 bits per heavy atom. The van der Waals surface area contributed by atoms with Crippen LogP contribution < -0.4 is 5.32 Å². The van der Waals surface area contributed by atoms with Crippen molar-refractivity contribution in [3.63, 3.8) is 0 Å². The molecule has 1 aliphatic heterocycles. The van der Waals surface area contributed by atoms with Gasteiger partial charge in [-0.3, -0.25) is 10.1 Å². The number of rotatable bonds is 4. The lowest BCUT2D eigenvalue weighted by molar-refractivity contribution is -0.132. The molecule has 5 heteroatoms. The SMILES string of the molecule is CSCC(C)N1C(=O)C2(CC2)NC1c1cccc(Cl)c1. The van der Waals surface area contributed by atoms with E-state index in [2.05, 4.69) is 18.5 Å². The molecule has 0 bridgehead atoms. The molecule has 1 saturated carbocycles. The number of nitrogens with one attached hydrogen (secondary N) is 1. The van der Waals surface area contributed by atoms with Crippen LogP contribution in [0.5, 0.6) is 0 Å². The molecule has 1 N–H and O–H groups in total. The summed E-state index contributed by atoms with van der Waals surface area (Å²) in [6, 6.07) is 8.02. The summed E-state index contributed by atoms with van der Waals surface area (Å²) in [5.74, 6) is 1.20. The fourth-order valence-corrected chi connectivity index (χ4v) is 3.78. The maximum absolute atomic E-state index is 12.7. The summed E-state index contributed by atoms with van der Waals surface area (Å²) < 4.78 is 0. The molecule has 1 spiro atoms. The van der Waals surface area contributed by atoms with Gasteiger partial charge in [0.05, 0.1) is 0 Å². The number of halogens is 1. The first-order chi connectivity index (χ1) is 9.57. The van der Waals surface area contributed by atoms with Crippen molar-refractivity contribution in [1.82, 2.24) is 10.2 Å². The minimum Gasteiger partial charge on any atom is -0.318 e. The second-order valence-corrected chi connectivity index (χ2v) is 7.05. The summed E-state index contributed by atoms with van der Waals surface area (Å²) in [5.41, 5.74) is 0.780. The van der Waals surface area contributed by atoms with Gasteiger partial charge in [0.1, 0.15) is 11.7 Å². The van der Waals surface area contributed by atoms with Crippen LogP contribution in [0.2, 0.25) is 5.02 Å². The first-order valence-corrected chi connectivity index (χ1v) is 8.69. The van der Waals surface area contributed by atoms with Crippen molar-refractivity contribution in [2.75, 3.05) is 12.0 Å². The number of carbonyl (C=O) groups is 1. The van der Waals surface area contributed by atoms with Crippen LogP contribution in [-0.4, -0.2) is 34.4 Å². The lowest BCUT2D eigenvalue weighted by Crippen LogP contribution is -2.40. The Kier molecular flexibility index (Phi) is 3.73. The van der Waals surface area contributed by atoms with E-state index in [4.69, 9.17) is 11.6 Å². The van der Waals surface area contributed by atoms with Gasteiger partial charge in [-0.15, -0.1) is 0 Å². The molecule has 1 saturated heterocycles. The van der Waals surface area contributed by atoms with Gasteiger partial charge in [0.2, 0.25) is 5.91 Å². The van der Waals surface area contributed by atoms with Crippen molar-refractivity contribution in [3.05, 3.63) is 34.9 Å². The molecule has 1 aliphatic carbocycles. The molecule has 1 heterocycles. The molecule has 1 aromatic rings. The molecule has 108 valence electrons. The van der Waals surface area contributed by atoms with Gasteiger partial charge in [0.15, 0.2) is 0 Å². The molecule has 3 rings (SSSR count). The Morgan fingerprint density at radius 2 is 2.30 bits per heavy atom. The van der Waals surface area contributed by atoms with Gasteiger partial charge < -0.3 is 4.90 Å². The normalized spacial score (nSPS) is 25.2. The predicted octanol–water partition coefficient (Wildman–Crippen LogP) is 3.05. The highest BCUT2D eigenvalue weighted by Gasteiger charge is 2.60. The third-order valence-electron chi connectivity index (χ3n) is 4.13. The quantitative estimate of drug-likeness (QED) is 0.927. The molecule has 20 heavy (non-hydrogen) atoms. The molecule has 0 radical (unpaired) electrons. The molecule has 2 unspecified atom stereocenters. The maximum atomic E-state index is 12.7. The lowest BCUT2D eigenvalue weighted by Gasteiger charge is -2.30. The Morgan fingerprint density at radius 1 is 1.55 bits per heavy atom. The van der Waals surface area contributed by atoms with Crippen molar-refractivity contribution in [3.8, 4) is 0 Å². The molecule has 2 fully saturated rings. The first kappa shape index (κ1) is 14.2. The molecule has 1 aromatic carbocycles. The second kappa shape index (κ2) is 5.24. The zero-order valence-electron chi connectivity index (χ0n) is 11.7. The van der Waals surface area contributed by atoms with E-state index in [1.165, 1.54) is 0 Å². The van der Waals surface area contributed by atoms with Crippen LogP contribution in [0.25, 0.3) is 0 Å². The predicted molar refractivity (Wildman–Crippen MR) is 84.0 cm³/mol. The van der Waals surface area contributed by atoms with E-state index >= 15 is 0 Å². The van der Waals surface area contributed by atoms with Crippen LogP contribution in [0.1, 0.15) is 31.5 Å². The van der Waals surface area contributed by atoms with E-state index in [1.807, 2.05) is 29.2 Å². The van der Waals surface area contributed by atoms with Gasteiger partial charge in [0.25, 0.3) is 0 Å². The Hall–Kier alpha value is -0.710. The fraction of sp³-hybridized carbons (Fsp3) is 0.533. The number of thioether (sulfide) groups is 1. The minimum atomic E-state index is -0.292. The average Bonchev–Trinajstić information content (AvgIpc) is 3.12. The Labute approximate surface area is 129 Å². The third kappa shape index (κ3) is 2.34. The van der Waals surface area contributed by atoms with Gasteiger partial charge in [-0.2, -0.15) is 11.8 Å². The maximum Gasteiger partial charge on any atom is 0.244 e. The van der Waals surface area contributed by atoms with Gasteiger partial charge in [0, 0.05) is 16.8 Å². The van der Waals surface area contributed by atoms with Crippen molar-refractivity contribution >= 4 is 29.3 Å². The number of hydrogen-bond donors (Lipinski definition) is 1. The standard InChI is InChI=1S/C15H19ClN2OS/c1-10(9-20-2)18-13(11-4-3-5-12(16)8-11)17-15(6-7-15)14(18)19/h3-5,8,10,13,17H,6-7,9H2,1-2H3. The van der Waals surface area contributed by atoms with E-state index in [-0.39, 0.29) is 23.7 Å². The second-order valence-electron chi connectivity index (χ2n) is 5.70. The van der Waals surface area contributed by atoms with E-state index < -0.39 is 0 Å². The lowest BCUT2D eigenvalue weighted by atomic mass is 10.1. The van der Waals surface area contributed by atoms with Gasteiger partial charge in [-0.25, -0.2) is 0 Å². The molecule has 3 nitrogen and oxygen atoms in total. The average molecular weight is 311 g/mol. The zero-order valence-corrected chi connectivity index (χ0v) is 13.3. The van der Waals surface area contributed by atoms with Crippen molar-refractivity contribution < 1.29 is 4.79 Å². The molecule has 1 amide bonds. The Balaban J connectivity index is 1.93. The van der Waals surface area contributed by atoms with Crippen LogP contribution >= 0.6 is 23.4 Å². The highest BCUT2D eigenvalue weighted by molar-refractivity contribution is 7.98. The van der Waals surface area contributed by atoms with Crippen LogP contribution in [0, 0.1) is 0 Å². The number of hydrogen-bond acceptors (Lipinski definition) is 3. The summed E-state index contributed by atoms with van der Waals surface area (Å²) in [6.07, 6.45) is 3.92. The molecule has 0 aromatic heterocycles. The molecular formula is C15H19ClN2OS. The summed E-state index contributed by atoms with van der Waals surface area (Å²) >= 11 is 7.87. The number of amides is 1. The van der Waals surface area contributed by atoms with E-state index in [1.54, 1.807) is 11.8 Å². The highest BCUT2D eigenvalue weighted by atomic mass is 35.5. The van der Waals surface area contributed by atoms with Crippen LogP contribution in [-0.2, 0) is 4.79 Å². The smallest absolute Gasteiger partial charge is 0.244 e. The molecule has 2 aliphatic rings. The van der Waals surface area contributed by atoms with Crippen molar-refractivity contribution in [2.45, 2.75) is 37.5 Å². The summed E-state index contributed by atoms with van der Waals surface area (Å²) in [4.78, 5) is 14.7. The third-order valence-corrected chi connectivity index (χ3v) is 5.18. The molecular weight excluding hydrogens is 292 g/mol.